The second kappa shape index (κ2) is 25.4. The number of carbonyl (C=O) groups is 8. The SMILES string of the molecule is Cc1ccc(C[C@@H](NC(=O)[C@H](CC(C)C)N(I)C(=O)[C@H](CC=O)N(C)C(=O)[C@H](CC2CCCCC2)NC(=O)[C@H](CCC(N)=O)NC(=O)/C=C/c2ccc(F)cc2)C(=O)O)cc1P. The molecule has 0 bridgehead atoms. The summed E-state index contributed by atoms with van der Waals surface area (Å²) in [5.41, 5.74) is 7.56. The van der Waals surface area contributed by atoms with Crippen molar-refractivity contribution in [2.75, 3.05) is 7.05 Å². The van der Waals surface area contributed by atoms with Gasteiger partial charge in [-0.2, -0.15) is 0 Å². The van der Waals surface area contributed by atoms with Crippen molar-refractivity contribution in [1.82, 2.24) is 24.0 Å². The number of nitrogens with zero attached hydrogens (tertiary/aromatic N) is 2. The van der Waals surface area contributed by atoms with Gasteiger partial charge in [0.25, 0.3) is 5.91 Å². The molecule has 0 heterocycles. The lowest BCUT2D eigenvalue weighted by molar-refractivity contribution is -0.147. The number of amides is 6. The first kappa shape index (κ1) is 51.6. The van der Waals surface area contributed by atoms with E-state index >= 15 is 0 Å². The topological polar surface area (TPSA) is 225 Å². The van der Waals surface area contributed by atoms with Crippen molar-refractivity contribution in [2.45, 2.75) is 122 Å². The lowest BCUT2D eigenvalue weighted by Gasteiger charge is -2.36. The van der Waals surface area contributed by atoms with Gasteiger partial charge < -0.3 is 36.5 Å². The molecule has 62 heavy (non-hydrogen) atoms. The average Bonchev–Trinajstić information content (AvgIpc) is 3.23. The zero-order chi connectivity index (χ0) is 46.1. The van der Waals surface area contributed by atoms with Crippen molar-refractivity contribution in [3.05, 3.63) is 71.0 Å². The minimum absolute atomic E-state index is 0.0221. The number of rotatable bonds is 23. The zero-order valence-corrected chi connectivity index (χ0v) is 38.9. The molecule has 0 aromatic heterocycles. The fourth-order valence-corrected chi connectivity index (χ4v) is 8.36. The van der Waals surface area contributed by atoms with Crippen molar-refractivity contribution in [2.24, 2.45) is 17.6 Å². The van der Waals surface area contributed by atoms with E-state index in [2.05, 4.69) is 25.2 Å². The van der Waals surface area contributed by atoms with Crippen LogP contribution in [-0.4, -0.2) is 98.1 Å². The van der Waals surface area contributed by atoms with E-state index in [4.69, 9.17) is 5.73 Å². The van der Waals surface area contributed by atoms with Crippen molar-refractivity contribution >= 4 is 91.2 Å². The third-order valence-electron chi connectivity index (χ3n) is 10.8. The van der Waals surface area contributed by atoms with E-state index in [0.29, 0.717) is 17.4 Å². The molecule has 1 unspecified atom stereocenters. The number of likely N-dealkylation sites (N-methyl/N-ethyl adjacent to an activating group) is 1. The van der Waals surface area contributed by atoms with Gasteiger partial charge in [0.1, 0.15) is 42.3 Å². The highest BCUT2D eigenvalue weighted by Crippen LogP contribution is 2.29. The van der Waals surface area contributed by atoms with Gasteiger partial charge in [-0.05, 0) is 78.2 Å². The molecule has 338 valence electrons. The molecule has 3 rings (SSSR count). The molecule has 18 heteroatoms. The van der Waals surface area contributed by atoms with Crippen molar-refractivity contribution in [3.63, 3.8) is 0 Å². The van der Waals surface area contributed by atoms with E-state index in [1.54, 1.807) is 28.9 Å². The summed E-state index contributed by atoms with van der Waals surface area (Å²) < 4.78 is 14.5. The number of carboxylic acids is 1. The normalized spacial score (nSPS) is 15.4. The molecule has 6 atom stereocenters. The highest BCUT2D eigenvalue weighted by atomic mass is 127. The number of nitrogens with two attached hydrogens (primary N) is 1. The van der Waals surface area contributed by atoms with Gasteiger partial charge in [0, 0.05) is 32.4 Å². The number of benzene rings is 2. The molecule has 2 aromatic carbocycles. The smallest absolute Gasteiger partial charge is 0.326 e. The quantitative estimate of drug-likeness (QED) is 0.0360. The molecule has 2 aromatic rings. The van der Waals surface area contributed by atoms with Crippen LogP contribution in [0.1, 0.15) is 94.7 Å². The van der Waals surface area contributed by atoms with Crippen LogP contribution >= 0.6 is 32.1 Å². The Labute approximate surface area is 378 Å². The van der Waals surface area contributed by atoms with Crippen LogP contribution in [0, 0.1) is 24.6 Å². The number of primary amides is 1. The van der Waals surface area contributed by atoms with Gasteiger partial charge in [-0.25, -0.2) is 9.18 Å². The predicted octanol–water partition coefficient (Wildman–Crippen LogP) is 3.67. The second-order valence-corrected chi connectivity index (χ2v) is 17.9. The molecule has 0 spiro atoms. The van der Waals surface area contributed by atoms with Crippen LogP contribution in [0.5, 0.6) is 0 Å². The van der Waals surface area contributed by atoms with Crippen LogP contribution in [0.3, 0.4) is 0 Å². The number of carbonyl (C=O) groups excluding carboxylic acids is 7. The maximum Gasteiger partial charge on any atom is 0.326 e. The number of nitrogens with one attached hydrogen (secondary N) is 3. The summed E-state index contributed by atoms with van der Waals surface area (Å²) in [6.45, 7) is 5.57. The van der Waals surface area contributed by atoms with Crippen LogP contribution < -0.4 is 27.0 Å². The van der Waals surface area contributed by atoms with Crippen molar-refractivity contribution in [1.29, 1.82) is 0 Å². The number of halogens is 2. The van der Waals surface area contributed by atoms with Gasteiger partial charge in [0.05, 0.1) is 22.9 Å². The summed E-state index contributed by atoms with van der Waals surface area (Å²) in [5, 5.41) is 18.8. The molecule has 0 radical (unpaired) electrons. The van der Waals surface area contributed by atoms with Crippen LogP contribution in [-0.2, 0) is 44.8 Å². The first-order valence-corrected chi connectivity index (χ1v) is 22.3. The number of aldehydes is 1. The molecule has 1 aliphatic rings. The molecule has 15 nitrogen and oxygen atoms in total. The highest BCUT2D eigenvalue weighted by molar-refractivity contribution is 14.1. The minimum atomic E-state index is -1.42. The summed E-state index contributed by atoms with van der Waals surface area (Å²) in [5.74, 6) is -6.27. The Hall–Kier alpha value is -4.77. The number of aliphatic carboxylic acids is 1. The third-order valence-corrected chi connectivity index (χ3v) is 12.6. The van der Waals surface area contributed by atoms with Crippen LogP contribution in [0.2, 0.25) is 0 Å². The van der Waals surface area contributed by atoms with Crippen molar-refractivity contribution < 1.29 is 47.9 Å². The number of aryl methyl sites for hydroxylation is 1. The Morgan fingerprint density at radius 3 is 2.15 bits per heavy atom. The summed E-state index contributed by atoms with van der Waals surface area (Å²) in [6.07, 6.45) is 6.78. The largest absolute Gasteiger partial charge is 0.480 e. The van der Waals surface area contributed by atoms with Gasteiger partial charge in [-0.3, -0.25) is 31.9 Å². The fourth-order valence-electron chi connectivity index (χ4n) is 7.25. The molecule has 6 N–H and O–H groups in total. The maximum atomic E-state index is 14.5. The summed E-state index contributed by atoms with van der Waals surface area (Å²) in [7, 11) is 3.91. The number of carboxylic acid groups (broad SMARTS) is 1. The maximum absolute atomic E-state index is 14.5. The first-order chi connectivity index (χ1) is 29.3. The van der Waals surface area contributed by atoms with E-state index in [0.717, 1.165) is 57.1 Å². The highest BCUT2D eigenvalue weighted by Gasteiger charge is 2.40. The van der Waals surface area contributed by atoms with Crippen LogP contribution in [0.4, 0.5) is 4.39 Å². The van der Waals surface area contributed by atoms with Gasteiger partial charge in [0.2, 0.25) is 29.5 Å². The van der Waals surface area contributed by atoms with E-state index in [-0.39, 0.29) is 43.9 Å². The number of hydrogen-bond donors (Lipinski definition) is 5. The summed E-state index contributed by atoms with van der Waals surface area (Å²) in [6, 6.07) is 4.31. The van der Waals surface area contributed by atoms with E-state index < -0.39 is 83.9 Å². The Balaban J connectivity index is 1.88. The molecular weight excluding hydrogens is 933 g/mol. The van der Waals surface area contributed by atoms with E-state index in [1.807, 2.05) is 32.9 Å². The zero-order valence-electron chi connectivity index (χ0n) is 35.6. The standard InChI is InChI=1S/C44H59FIN6O9P/c1-26(2)22-36(41(57)50-34(44(60)61)24-30-11-10-27(3)37(62)25-30)52(46)43(59)35(20-21-53)51(4)42(58)33(23-29-8-6-5-7-9-29)49-40(56)32(17-18-38(47)54)48-39(55)19-14-28-12-15-31(45)16-13-28/h10-16,19,21,25-26,29,32-36H,5-9,17-18,20,22-24,62H2,1-4H3,(H2,47,54)(H,48,55)(H,49,56)(H,50,57)(H,60,61)/b19-14+/t32-,33-,34+,35-,36-/m0/s1. The summed E-state index contributed by atoms with van der Waals surface area (Å²) >= 11 is 1.66. The predicted molar refractivity (Wildman–Crippen MR) is 244 cm³/mol. The van der Waals surface area contributed by atoms with E-state index in [1.165, 1.54) is 37.4 Å². The van der Waals surface area contributed by atoms with Crippen LogP contribution in [0.15, 0.2) is 48.5 Å². The Morgan fingerprint density at radius 1 is 0.919 bits per heavy atom. The molecule has 1 fully saturated rings. The van der Waals surface area contributed by atoms with Crippen LogP contribution in [0.25, 0.3) is 6.08 Å². The molecule has 0 aliphatic heterocycles. The van der Waals surface area contributed by atoms with E-state index in [9.17, 15) is 47.9 Å². The second-order valence-electron chi connectivity index (χ2n) is 16.2. The fraction of sp³-hybridized carbons (Fsp3) is 0.500. The number of hydrogen-bond acceptors (Lipinski definition) is 8. The molecule has 1 saturated carbocycles. The third kappa shape index (κ3) is 16.5. The van der Waals surface area contributed by atoms with Gasteiger partial charge in [-0.1, -0.05) is 76.3 Å². The van der Waals surface area contributed by atoms with Gasteiger partial charge in [-0.15, -0.1) is 9.24 Å². The van der Waals surface area contributed by atoms with Gasteiger partial charge >= 0.3 is 5.97 Å². The minimum Gasteiger partial charge on any atom is -0.480 e. The molecular formula is C44H59FIN6O9P. The monoisotopic (exact) mass is 992 g/mol. The van der Waals surface area contributed by atoms with Crippen molar-refractivity contribution in [3.8, 4) is 0 Å². The lowest BCUT2D eigenvalue weighted by Crippen LogP contribution is -2.59. The molecule has 0 saturated heterocycles. The first-order valence-electron chi connectivity index (χ1n) is 20.7. The van der Waals surface area contributed by atoms with Gasteiger partial charge in [0.15, 0.2) is 0 Å². The Morgan fingerprint density at radius 2 is 1.56 bits per heavy atom. The average molecular weight is 993 g/mol. The molecule has 6 amide bonds. The molecule has 1 aliphatic carbocycles. The lowest BCUT2D eigenvalue weighted by atomic mass is 9.84. The Kier molecular flexibility index (Phi) is 21.1. The Bertz CT molecular complexity index is 1950. The summed E-state index contributed by atoms with van der Waals surface area (Å²) in [4.78, 5) is 107.